The number of carbonyl (C=O) groups is 2. The number of carbonyl (C=O) groups excluding carboxylic acids is 2. The van der Waals surface area contributed by atoms with E-state index in [2.05, 4.69) is 4.98 Å². The Labute approximate surface area is 161 Å². The highest BCUT2D eigenvalue weighted by Gasteiger charge is 2.25. The van der Waals surface area contributed by atoms with Gasteiger partial charge in [-0.05, 0) is 19.1 Å². The van der Waals surface area contributed by atoms with Crippen molar-refractivity contribution in [3.63, 3.8) is 0 Å². The molecule has 1 saturated heterocycles. The molecule has 7 nitrogen and oxygen atoms in total. The standard InChI is InChI=1S/C17H21ClN4O3S/c1-3-25-17(24)22-9-7-21(8-10-22)14(23)11-20(2)16-19-15-12(18)5-4-6-13(15)26-16/h4-6H,3,7-11H2,1-2H3. The van der Waals surface area contributed by atoms with Crippen LogP contribution < -0.4 is 4.90 Å². The molecule has 0 saturated carbocycles. The highest BCUT2D eigenvalue weighted by molar-refractivity contribution is 7.22. The second-order valence-corrected chi connectivity index (χ2v) is 7.42. The Bertz CT molecular complexity index is 804. The van der Waals surface area contributed by atoms with Gasteiger partial charge in [0.25, 0.3) is 0 Å². The topological polar surface area (TPSA) is 66.0 Å². The van der Waals surface area contributed by atoms with Crippen LogP contribution in [0.3, 0.4) is 0 Å². The molecule has 0 unspecified atom stereocenters. The number of likely N-dealkylation sites (N-methyl/N-ethyl adjacent to an activating group) is 1. The van der Waals surface area contributed by atoms with Crippen LogP contribution >= 0.6 is 22.9 Å². The van der Waals surface area contributed by atoms with Gasteiger partial charge in [0, 0.05) is 33.2 Å². The summed E-state index contributed by atoms with van der Waals surface area (Å²) in [7, 11) is 1.85. The lowest BCUT2D eigenvalue weighted by molar-refractivity contribution is -0.131. The summed E-state index contributed by atoms with van der Waals surface area (Å²) in [5.74, 6) is 0.0151. The summed E-state index contributed by atoms with van der Waals surface area (Å²) in [6.07, 6.45) is -0.317. The van der Waals surface area contributed by atoms with E-state index in [0.717, 1.165) is 15.3 Å². The van der Waals surface area contributed by atoms with Crippen LogP contribution in [0.2, 0.25) is 5.02 Å². The highest BCUT2D eigenvalue weighted by Crippen LogP contribution is 2.32. The Morgan fingerprint density at radius 3 is 2.62 bits per heavy atom. The third-order valence-electron chi connectivity index (χ3n) is 4.22. The van der Waals surface area contributed by atoms with E-state index in [-0.39, 0.29) is 18.5 Å². The second-order valence-electron chi connectivity index (χ2n) is 6.01. The Kier molecular flexibility index (Phi) is 5.83. The quantitative estimate of drug-likeness (QED) is 0.794. The molecule has 0 radical (unpaired) electrons. The molecule has 2 aromatic rings. The Balaban J connectivity index is 1.57. The van der Waals surface area contributed by atoms with Crippen molar-refractivity contribution in [2.45, 2.75) is 6.92 Å². The number of thiazole rings is 1. The van der Waals surface area contributed by atoms with Gasteiger partial charge in [0.05, 0.1) is 22.9 Å². The molecular weight excluding hydrogens is 376 g/mol. The minimum atomic E-state index is -0.317. The van der Waals surface area contributed by atoms with E-state index in [4.69, 9.17) is 16.3 Å². The molecule has 9 heteroatoms. The molecule has 0 bridgehead atoms. The second kappa shape index (κ2) is 8.09. The van der Waals surface area contributed by atoms with Gasteiger partial charge >= 0.3 is 6.09 Å². The number of para-hydroxylation sites is 1. The summed E-state index contributed by atoms with van der Waals surface area (Å²) in [5, 5.41) is 1.37. The number of hydrogen-bond acceptors (Lipinski definition) is 6. The summed E-state index contributed by atoms with van der Waals surface area (Å²) in [6, 6.07) is 5.66. The molecule has 140 valence electrons. The zero-order chi connectivity index (χ0) is 18.7. The highest BCUT2D eigenvalue weighted by atomic mass is 35.5. The number of anilines is 1. The number of piperazine rings is 1. The molecule has 1 aliphatic rings. The minimum Gasteiger partial charge on any atom is -0.450 e. The van der Waals surface area contributed by atoms with Crippen LogP contribution in [0.15, 0.2) is 18.2 Å². The predicted molar refractivity (Wildman–Crippen MR) is 103 cm³/mol. The Morgan fingerprint density at radius 1 is 1.27 bits per heavy atom. The Hall–Kier alpha value is -2.06. The fraction of sp³-hybridized carbons (Fsp3) is 0.471. The SMILES string of the molecule is CCOC(=O)N1CCN(C(=O)CN(C)c2nc3c(Cl)cccc3s2)CC1. The molecular formula is C17H21ClN4O3S. The predicted octanol–water partition coefficient (Wildman–Crippen LogP) is 2.69. The van der Waals surface area contributed by atoms with Crippen molar-refractivity contribution in [1.29, 1.82) is 0 Å². The third kappa shape index (κ3) is 4.02. The van der Waals surface area contributed by atoms with Crippen molar-refractivity contribution < 1.29 is 14.3 Å². The number of benzene rings is 1. The average Bonchev–Trinajstić information content (AvgIpc) is 3.08. The normalized spacial score (nSPS) is 14.6. The summed E-state index contributed by atoms with van der Waals surface area (Å²) < 4.78 is 5.99. The smallest absolute Gasteiger partial charge is 0.409 e. The van der Waals surface area contributed by atoms with Crippen LogP contribution in [0.5, 0.6) is 0 Å². The number of nitrogens with zero attached hydrogens (tertiary/aromatic N) is 4. The van der Waals surface area contributed by atoms with Gasteiger partial charge in [0.1, 0.15) is 5.52 Å². The number of halogens is 1. The monoisotopic (exact) mass is 396 g/mol. The molecule has 1 aromatic carbocycles. The molecule has 1 fully saturated rings. The molecule has 0 N–H and O–H groups in total. The molecule has 0 spiro atoms. The molecule has 26 heavy (non-hydrogen) atoms. The van der Waals surface area contributed by atoms with Crippen LogP contribution in [0.1, 0.15) is 6.92 Å². The molecule has 2 amide bonds. The first-order valence-electron chi connectivity index (χ1n) is 8.45. The number of fused-ring (bicyclic) bond motifs is 1. The van der Waals surface area contributed by atoms with Crippen LogP contribution in [0, 0.1) is 0 Å². The van der Waals surface area contributed by atoms with Crippen LogP contribution in [0.4, 0.5) is 9.93 Å². The van der Waals surface area contributed by atoms with Gasteiger partial charge < -0.3 is 19.4 Å². The van der Waals surface area contributed by atoms with Crippen LogP contribution in [-0.4, -0.2) is 73.2 Å². The van der Waals surface area contributed by atoms with Crippen molar-refractivity contribution in [3.05, 3.63) is 23.2 Å². The van der Waals surface area contributed by atoms with Gasteiger partial charge in [0.2, 0.25) is 5.91 Å². The third-order valence-corrected chi connectivity index (χ3v) is 5.66. The number of rotatable bonds is 4. The first-order chi connectivity index (χ1) is 12.5. The number of ether oxygens (including phenoxy) is 1. The van der Waals surface area contributed by atoms with Gasteiger partial charge in [-0.1, -0.05) is 29.0 Å². The van der Waals surface area contributed by atoms with Gasteiger partial charge in [0.15, 0.2) is 5.13 Å². The first-order valence-corrected chi connectivity index (χ1v) is 9.64. The zero-order valence-electron chi connectivity index (χ0n) is 14.8. The summed E-state index contributed by atoms with van der Waals surface area (Å²) in [4.78, 5) is 34.1. The minimum absolute atomic E-state index is 0.0151. The molecule has 0 aliphatic carbocycles. The maximum Gasteiger partial charge on any atom is 0.409 e. The summed E-state index contributed by atoms with van der Waals surface area (Å²) >= 11 is 7.68. The average molecular weight is 397 g/mol. The van der Waals surface area contributed by atoms with Gasteiger partial charge in [-0.15, -0.1) is 0 Å². The van der Waals surface area contributed by atoms with Crippen LogP contribution in [0.25, 0.3) is 10.2 Å². The number of hydrogen-bond donors (Lipinski definition) is 0. The lowest BCUT2D eigenvalue weighted by atomic mass is 10.3. The molecule has 1 aliphatic heterocycles. The summed E-state index contributed by atoms with van der Waals surface area (Å²) in [6.45, 7) is 4.37. The number of aromatic nitrogens is 1. The zero-order valence-corrected chi connectivity index (χ0v) is 16.3. The molecule has 2 heterocycles. The molecule has 1 aromatic heterocycles. The maximum absolute atomic E-state index is 12.6. The van der Waals surface area contributed by atoms with Crippen molar-refractivity contribution in [3.8, 4) is 0 Å². The van der Waals surface area contributed by atoms with Gasteiger partial charge in [-0.3, -0.25) is 4.79 Å². The van der Waals surface area contributed by atoms with Crippen molar-refractivity contribution in [2.24, 2.45) is 0 Å². The lowest BCUT2D eigenvalue weighted by Crippen LogP contribution is -2.52. The van der Waals surface area contributed by atoms with E-state index in [1.807, 2.05) is 30.1 Å². The molecule has 3 rings (SSSR count). The lowest BCUT2D eigenvalue weighted by Gasteiger charge is -2.34. The Morgan fingerprint density at radius 2 is 1.96 bits per heavy atom. The van der Waals surface area contributed by atoms with E-state index in [9.17, 15) is 9.59 Å². The van der Waals surface area contributed by atoms with Crippen LogP contribution in [-0.2, 0) is 9.53 Å². The van der Waals surface area contributed by atoms with E-state index in [1.54, 1.807) is 16.7 Å². The van der Waals surface area contributed by atoms with E-state index >= 15 is 0 Å². The van der Waals surface area contributed by atoms with Crippen molar-refractivity contribution >= 4 is 50.3 Å². The van der Waals surface area contributed by atoms with Crippen molar-refractivity contribution in [2.75, 3.05) is 51.3 Å². The maximum atomic E-state index is 12.6. The van der Waals surface area contributed by atoms with E-state index < -0.39 is 0 Å². The summed E-state index contributed by atoms with van der Waals surface area (Å²) in [5.41, 5.74) is 0.761. The van der Waals surface area contributed by atoms with Gasteiger partial charge in [-0.25, -0.2) is 9.78 Å². The van der Waals surface area contributed by atoms with E-state index in [1.165, 1.54) is 11.3 Å². The first kappa shape index (κ1) is 18.7. The number of amides is 2. The fourth-order valence-corrected chi connectivity index (χ4v) is 4.02. The molecule has 0 atom stereocenters. The van der Waals surface area contributed by atoms with Crippen molar-refractivity contribution in [1.82, 2.24) is 14.8 Å². The van der Waals surface area contributed by atoms with Gasteiger partial charge in [-0.2, -0.15) is 0 Å². The van der Waals surface area contributed by atoms with E-state index in [0.29, 0.717) is 37.8 Å². The largest absolute Gasteiger partial charge is 0.450 e. The fourth-order valence-electron chi connectivity index (χ4n) is 2.79.